The van der Waals surface area contributed by atoms with Crippen LogP contribution in [0.3, 0.4) is 0 Å². The summed E-state index contributed by atoms with van der Waals surface area (Å²) < 4.78 is 0. The summed E-state index contributed by atoms with van der Waals surface area (Å²) in [5.41, 5.74) is -1.03. The Bertz CT molecular complexity index is 329. The SMILES string of the molecule is C=C1CCC(CC(=O)O)(C(=O)O)C1(C)C. The van der Waals surface area contributed by atoms with Crippen LogP contribution >= 0.6 is 0 Å². The zero-order valence-corrected chi connectivity index (χ0v) is 9.04. The van der Waals surface area contributed by atoms with Crippen LogP contribution in [0.15, 0.2) is 12.2 Å². The van der Waals surface area contributed by atoms with E-state index < -0.39 is 22.8 Å². The fourth-order valence-corrected chi connectivity index (χ4v) is 2.35. The minimum atomic E-state index is -1.20. The van der Waals surface area contributed by atoms with Crippen LogP contribution in [-0.4, -0.2) is 22.2 Å². The highest BCUT2D eigenvalue weighted by atomic mass is 16.4. The van der Waals surface area contributed by atoms with E-state index in [1.165, 1.54) is 0 Å². The molecule has 0 aromatic rings. The standard InChI is InChI=1S/C11H16O4/c1-7-4-5-11(9(14)15,6-8(12)13)10(7,2)3/h1,4-6H2,2-3H3,(H,12,13)(H,14,15). The van der Waals surface area contributed by atoms with Gasteiger partial charge in [-0.1, -0.05) is 26.0 Å². The molecule has 0 aliphatic heterocycles. The molecular formula is C11H16O4. The molecule has 1 atom stereocenters. The van der Waals surface area contributed by atoms with E-state index in [2.05, 4.69) is 6.58 Å². The lowest BCUT2D eigenvalue weighted by Crippen LogP contribution is -2.42. The summed E-state index contributed by atoms with van der Waals surface area (Å²) in [5.74, 6) is -2.10. The van der Waals surface area contributed by atoms with E-state index in [1.807, 2.05) is 0 Å². The van der Waals surface area contributed by atoms with E-state index >= 15 is 0 Å². The Morgan fingerprint density at radius 2 is 1.93 bits per heavy atom. The number of carbonyl (C=O) groups is 2. The van der Waals surface area contributed by atoms with Gasteiger partial charge in [0.15, 0.2) is 0 Å². The molecule has 1 aliphatic carbocycles. The van der Waals surface area contributed by atoms with Gasteiger partial charge in [-0.15, -0.1) is 0 Å². The molecule has 0 aromatic carbocycles. The summed E-state index contributed by atoms with van der Waals surface area (Å²) in [6, 6.07) is 0. The van der Waals surface area contributed by atoms with E-state index in [0.29, 0.717) is 12.8 Å². The minimum Gasteiger partial charge on any atom is -0.481 e. The lowest BCUT2D eigenvalue weighted by molar-refractivity contribution is -0.161. The van der Waals surface area contributed by atoms with Crippen molar-refractivity contribution in [2.75, 3.05) is 0 Å². The molecule has 0 saturated heterocycles. The summed E-state index contributed by atoms with van der Waals surface area (Å²) in [5, 5.41) is 18.1. The van der Waals surface area contributed by atoms with E-state index in [9.17, 15) is 14.7 Å². The second-order valence-corrected chi connectivity index (χ2v) is 4.69. The van der Waals surface area contributed by atoms with Gasteiger partial charge in [-0.25, -0.2) is 0 Å². The number of carboxylic acid groups (broad SMARTS) is 2. The summed E-state index contributed by atoms with van der Waals surface area (Å²) in [6.45, 7) is 7.36. The van der Waals surface area contributed by atoms with Gasteiger partial charge in [0.25, 0.3) is 0 Å². The number of carboxylic acids is 2. The topological polar surface area (TPSA) is 74.6 Å². The first-order chi connectivity index (χ1) is 6.74. The van der Waals surface area contributed by atoms with E-state index in [-0.39, 0.29) is 6.42 Å². The average Bonchev–Trinajstić information content (AvgIpc) is 2.29. The molecule has 1 aliphatic rings. The number of allylic oxidation sites excluding steroid dienone is 1. The fraction of sp³-hybridized carbons (Fsp3) is 0.636. The van der Waals surface area contributed by atoms with Crippen LogP contribution in [0.1, 0.15) is 33.1 Å². The molecule has 0 heterocycles. The van der Waals surface area contributed by atoms with Crippen molar-refractivity contribution in [1.29, 1.82) is 0 Å². The van der Waals surface area contributed by atoms with E-state index in [0.717, 1.165) is 5.57 Å². The smallest absolute Gasteiger partial charge is 0.311 e. The minimum absolute atomic E-state index is 0.339. The van der Waals surface area contributed by atoms with Crippen LogP contribution in [0.25, 0.3) is 0 Å². The van der Waals surface area contributed by atoms with E-state index in [4.69, 9.17) is 5.11 Å². The first-order valence-electron chi connectivity index (χ1n) is 4.87. The van der Waals surface area contributed by atoms with Gasteiger partial charge in [0.1, 0.15) is 0 Å². The van der Waals surface area contributed by atoms with Crippen molar-refractivity contribution in [3.8, 4) is 0 Å². The summed E-state index contributed by atoms with van der Waals surface area (Å²) in [6.07, 6.45) is 0.612. The van der Waals surface area contributed by atoms with Crippen molar-refractivity contribution in [2.24, 2.45) is 10.8 Å². The maximum Gasteiger partial charge on any atom is 0.311 e. The molecule has 2 N–H and O–H groups in total. The van der Waals surface area contributed by atoms with Gasteiger partial charge >= 0.3 is 11.9 Å². The normalized spacial score (nSPS) is 29.1. The lowest BCUT2D eigenvalue weighted by Gasteiger charge is -2.37. The van der Waals surface area contributed by atoms with Crippen molar-refractivity contribution in [3.63, 3.8) is 0 Å². The largest absolute Gasteiger partial charge is 0.481 e. The van der Waals surface area contributed by atoms with Crippen LogP contribution in [0, 0.1) is 10.8 Å². The van der Waals surface area contributed by atoms with Crippen LogP contribution in [0.5, 0.6) is 0 Å². The highest BCUT2D eigenvalue weighted by molar-refractivity contribution is 5.83. The Labute approximate surface area is 88.6 Å². The first-order valence-corrected chi connectivity index (χ1v) is 4.87. The third-order valence-corrected chi connectivity index (χ3v) is 3.80. The molecule has 0 spiro atoms. The highest BCUT2D eigenvalue weighted by Crippen LogP contribution is 2.57. The maximum absolute atomic E-state index is 11.3. The Morgan fingerprint density at radius 1 is 1.40 bits per heavy atom. The molecule has 1 unspecified atom stereocenters. The van der Waals surface area contributed by atoms with Crippen LogP contribution in [-0.2, 0) is 9.59 Å². The average molecular weight is 212 g/mol. The summed E-state index contributed by atoms with van der Waals surface area (Å²) in [7, 11) is 0. The molecule has 0 aromatic heterocycles. The number of aliphatic carboxylic acids is 2. The predicted octanol–water partition coefficient (Wildman–Crippen LogP) is 1.91. The van der Waals surface area contributed by atoms with Crippen molar-refractivity contribution < 1.29 is 19.8 Å². The van der Waals surface area contributed by atoms with Gasteiger partial charge in [-0.3, -0.25) is 9.59 Å². The van der Waals surface area contributed by atoms with Gasteiger partial charge < -0.3 is 10.2 Å². The number of hydrogen-bond acceptors (Lipinski definition) is 2. The van der Waals surface area contributed by atoms with Gasteiger partial charge in [0, 0.05) is 5.41 Å². The van der Waals surface area contributed by atoms with Crippen molar-refractivity contribution in [2.45, 2.75) is 33.1 Å². The fourth-order valence-electron chi connectivity index (χ4n) is 2.35. The molecule has 0 bridgehead atoms. The molecule has 15 heavy (non-hydrogen) atoms. The van der Waals surface area contributed by atoms with Gasteiger partial charge in [0.2, 0.25) is 0 Å². The Hall–Kier alpha value is -1.32. The zero-order chi connectivity index (χ0) is 11.9. The third kappa shape index (κ3) is 1.54. The first kappa shape index (κ1) is 11.8. The Kier molecular flexibility index (Phi) is 2.63. The van der Waals surface area contributed by atoms with Gasteiger partial charge in [-0.05, 0) is 12.8 Å². The second kappa shape index (κ2) is 3.36. The third-order valence-electron chi connectivity index (χ3n) is 3.80. The Balaban J connectivity index is 3.18. The van der Waals surface area contributed by atoms with Crippen molar-refractivity contribution in [3.05, 3.63) is 12.2 Å². The molecular weight excluding hydrogens is 196 g/mol. The molecule has 4 nitrogen and oxygen atoms in total. The van der Waals surface area contributed by atoms with E-state index in [1.54, 1.807) is 13.8 Å². The Morgan fingerprint density at radius 3 is 2.20 bits per heavy atom. The number of rotatable bonds is 3. The molecule has 0 amide bonds. The summed E-state index contributed by atoms with van der Waals surface area (Å²) in [4.78, 5) is 22.1. The molecule has 4 heteroatoms. The van der Waals surface area contributed by atoms with Crippen LogP contribution in [0.2, 0.25) is 0 Å². The van der Waals surface area contributed by atoms with Gasteiger partial charge in [0.05, 0.1) is 11.8 Å². The van der Waals surface area contributed by atoms with Crippen LogP contribution in [0.4, 0.5) is 0 Å². The molecule has 1 saturated carbocycles. The van der Waals surface area contributed by atoms with Crippen LogP contribution < -0.4 is 0 Å². The highest BCUT2D eigenvalue weighted by Gasteiger charge is 2.57. The molecule has 1 fully saturated rings. The number of hydrogen-bond donors (Lipinski definition) is 2. The van der Waals surface area contributed by atoms with Crippen molar-refractivity contribution >= 4 is 11.9 Å². The quantitative estimate of drug-likeness (QED) is 0.701. The molecule has 0 radical (unpaired) electrons. The predicted molar refractivity (Wildman–Crippen MR) is 54.5 cm³/mol. The monoisotopic (exact) mass is 212 g/mol. The van der Waals surface area contributed by atoms with Gasteiger partial charge in [-0.2, -0.15) is 0 Å². The zero-order valence-electron chi connectivity index (χ0n) is 9.04. The maximum atomic E-state index is 11.3. The second-order valence-electron chi connectivity index (χ2n) is 4.69. The lowest BCUT2D eigenvalue weighted by atomic mass is 9.65. The van der Waals surface area contributed by atoms with Crippen molar-refractivity contribution in [1.82, 2.24) is 0 Å². The summed E-state index contributed by atoms with van der Waals surface area (Å²) >= 11 is 0. The molecule has 1 rings (SSSR count). The molecule has 84 valence electrons.